The number of benzene rings is 4. The Bertz CT molecular complexity index is 2020. The van der Waals surface area contributed by atoms with Crippen LogP contribution in [0, 0.1) is 17.0 Å². The highest BCUT2D eigenvalue weighted by atomic mass is 35.5. The molecule has 0 fully saturated rings. The maximum atomic E-state index is 15.4. The van der Waals surface area contributed by atoms with E-state index in [1.54, 1.807) is 36.4 Å². The van der Waals surface area contributed by atoms with E-state index in [0.717, 1.165) is 29.8 Å². The fraction of sp³-hybridized carbons (Fsp3) is 0.243. The van der Waals surface area contributed by atoms with Gasteiger partial charge in [-0.1, -0.05) is 87.0 Å². The average molecular weight is 749 g/mol. The Labute approximate surface area is 297 Å². The second-order valence-corrected chi connectivity index (χ2v) is 14.8. The van der Waals surface area contributed by atoms with Crippen LogP contribution in [-0.4, -0.2) is 37.1 Å². The summed E-state index contributed by atoms with van der Waals surface area (Å²) in [6.07, 6.45) is -0.693. The molecule has 7 nitrogen and oxygen atoms in total. The van der Waals surface area contributed by atoms with E-state index < -0.39 is 62.7 Å². The van der Waals surface area contributed by atoms with Crippen molar-refractivity contribution in [2.24, 2.45) is 5.41 Å². The highest BCUT2D eigenvalue weighted by Gasteiger charge is 2.31. The van der Waals surface area contributed by atoms with Gasteiger partial charge in [0, 0.05) is 22.7 Å². The zero-order chi connectivity index (χ0) is 37.7. The molecular weight excluding hydrogens is 715 g/mol. The maximum absolute atomic E-state index is 15.4. The number of carbonyl (C=O) groups excluding carboxylic acids is 2. The minimum atomic E-state index is -4.67. The first kappa shape index (κ1) is 39.2. The molecule has 4 aromatic carbocycles. The molecule has 3 N–H and O–H groups in total. The SMILES string of the molecule is CC(C)(C)C=Cc1ccc(C(Cc2ccc(C(=O)NCCS(=O)(=O)O)cc2)C(=O)Nc2c(F)cc(-c3ccc(C(F)(F)F)cc3Cl)cc2F)cc1. The maximum Gasteiger partial charge on any atom is 0.416 e. The lowest BCUT2D eigenvalue weighted by Gasteiger charge is -2.19. The third-order valence-corrected chi connectivity index (χ3v) is 8.66. The lowest BCUT2D eigenvalue weighted by molar-refractivity contribution is -0.137. The summed E-state index contributed by atoms with van der Waals surface area (Å²) in [7, 11) is -4.26. The normalized spacial score (nSPS) is 12.9. The van der Waals surface area contributed by atoms with E-state index in [4.69, 9.17) is 16.2 Å². The minimum absolute atomic E-state index is 0.0378. The zero-order valence-corrected chi connectivity index (χ0v) is 29.2. The highest BCUT2D eigenvalue weighted by molar-refractivity contribution is 7.85. The molecule has 0 aliphatic heterocycles. The van der Waals surface area contributed by atoms with E-state index in [9.17, 15) is 31.2 Å². The zero-order valence-electron chi connectivity index (χ0n) is 27.6. The monoisotopic (exact) mass is 748 g/mol. The van der Waals surface area contributed by atoms with Crippen molar-refractivity contribution < 1.29 is 44.5 Å². The number of halogens is 6. The van der Waals surface area contributed by atoms with Gasteiger partial charge in [0.05, 0.1) is 17.2 Å². The number of rotatable bonds is 11. The van der Waals surface area contributed by atoms with Gasteiger partial charge < -0.3 is 10.6 Å². The van der Waals surface area contributed by atoms with E-state index in [0.29, 0.717) is 17.2 Å². The van der Waals surface area contributed by atoms with Crippen molar-refractivity contribution in [3.05, 3.63) is 129 Å². The quantitative estimate of drug-likeness (QED) is 0.105. The van der Waals surface area contributed by atoms with E-state index >= 15 is 8.78 Å². The van der Waals surface area contributed by atoms with Gasteiger partial charge in [-0.2, -0.15) is 21.6 Å². The van der Waals surface area contributed by atoms with Crippen LogP contribution in [0.2, 0.25) is 5.02 Å². The van der Waals surface area contributed by atoms with Gasteiger partial charge in [-0.15, -0.1) is 0 Å². The first-order valence-electron chi connectivity index (χ1n) is 15.5. The van der Waals surface area contributed by atoms with Crippen LogP contribution in [0.5, 0.6) is 0 Å². The summed E-state index contributed by atoms with van der Waals surface area (Å²) in [6, 6.07) is 17.2. The minimum Gasteiger partial charge on any atom is -0.351 e. The first-order valence-corrected chi connectivity index (χ1v) is 17.5. The summed E-state index contributed by atoms with van der Waals surface area (Å²) in [4.78, 5) is 26.2. The molecule has 2 amide bonds. The molecule has 270 valence electrons. The average Bonchev–Trinajstić information content (AvgIpc) is 3.03. The van der Waals surface area contributed by atoms with Gasteiger partial charge >= 0.3 is 6.18 Å². The van der Waals surface area contributed by atoms with Crippen molar-refractivity contribution in [3.8, 4) is 11.1 Å². The van der Waals surface area contributed by atoms with Gasteiger partial charge in [0.25, 0.3) is 16.0 Å². The Morgan fingerprint density at radius 2 is 1.51 bits per heavy atom. The Hall–Kier alpha value is -4.59. The predicted molar refractivity (Wildman–Crippen MR) is 187 cm³/mol. The number of carbonyl (C=O) groups is 2. The molecule has 4 rings (SSSR count). The summed E-state index contributed by atoms with van der Waals surface area (Å²) in [5.74, 6) is -5.36. The molecule has 0 spiro atoms. The number of allylic oxidation sites excluding steroid dienone is 1. The van der Waals surface area contributed by atoms with Crippen molar-refractivity contribution in [1.29, 1.82) is 0 Å². The second-order valence-electron chi connectivity index (χ2n) is 12.9. The lowest BCUT2D eigenvalue weighted by atomic mass is 9.89. The predicted octanol–water partition coefficient (Wildman–Crippen LogP) is 8.95. The van der Waals surface area contributed by atoms with Crippen LogP contribution < -0.4 is 10.6 Å². The molecule has 1 atom stereocenters. The molecule has 51 heavy (non-hydrogen) atoms. The second kappa shape index (κ2) is 15.7. The summed E-state index contributed by atoms with van der Waals surface area (Å²) in [5, 5.41) is 4.33. The number of amides is 2. The number of hydrogen-bond donors (Lipinski definition) is 3. The molecule has 0 radical (unpaired) electrons. The van der Waals surface area contributed by atoms with Crippen molar-refractivity contribution >= 4 is 45.3 Å². The number of anilines is 1. The summed E-state index contributed by atoms with van der Waals surface area (Å²) >= 11 is 6.03. The molecule has 0 bridgehead atoms. The molecule has 1 unspecified atom stereocenters. The molecule has 0 saturated heterocycles. The fourth-order valence-electron chi connectivity index (χ4n) is 4.95. The summed E-state index contributed by atoms with van der Waals surface area (Å²) in [6.45, 7) is 5.80. The largest absolute Gasteiger partial charge is 0.416 e. The van der Waals surface area contributed by atoms with Crippen LogP contribution in [0.15, 0.2) is 84.9 Å². The van der Waals surface area contributed by atoms with Crippen LogP contribution in [-0.2, 0) is 27.5 Å². The Balaban J connectivity index is 1.61. The van der Waals surface area contributed by atoms with E-state index in [1.165, 1.54) is 12.1 Å². The van der Waals surface area contributed by atoms with Gasteiger partial charge in [0.15, 0.2) is 0 Å². The van der Waals surface area contributed by atoms with Gasteiger partial charge in [-0.25, -0.2) is 8.78 Å². The topological polar surface area (TPSA) is 113 Å². The lowest BCUT2D eigenvalue weighted by Crippen LogP contribution is -2.28. The highest BCUT2D eigenvalue weighted by Crippen LogP contribution is 2.37. The molecule has 4 aromatic rings. The molecule has 0 aliphatic rings. The van der Waals surface area contributed by atoms with Gasteiger partial charge in [0.2, 0.25) is 5.91 Å². The summed E-state index contributed by atoms with van der Waals surface area (Å²) in [5.41, 5.74) is 0.0682. The number of hydrogen-bond acceptors (Lipinski definition) is 4. The number of nitrogens with one attached hydrogen (secondary N) is 2. The fourth-order valence-corrected chi connectivity index (χ4v) is 5.60. The Kier molecular flexibility index (Phi) is 12.1. The van der Waals surface area contributed by atoms with E-state index in [1.807, 2.05) is 32.9 Å². The van der Waals surface area contributed by atoms with Crippen LogP contribution in [0.4, 0.5) is 27.6 Å². The van der Waals surface area contributed by atoms with Gasteiger partial charge in [-0.3, -0.25) is 14.1 Å². The van der Waals surface area contributed by atoms with Crippen molar-refractivity contribution in [3.63, 3.8) is 0 Å². The van der Waals surface area contributed by atoms with Crippen molar-refractivity contribution in [2.45, 2.75) is 39.3 Å². The Morgan fingerprint density at radius 1 is 0.902 bits per heavy atom. The third-order valence-electron chi connectivity index (χ3n) is 7.63. The first-order chi connectivity index (χ1) is 23.7. The van der Waals surface area contributed by atoms with Crippen LogP contribution in [0.25, 0.3) is 17.2 Å². The van der Waals surface area contributed by atoms with Gasteiger partial charge in [-0.05, 0) is 70.5 Å². The van der Waals surface area contributed by atoms with Crippen molar-refractivity contribution in [2.75, 3.05) is 17.6 Å². The smallest absolute Gasteiger partial charge is 0.351 e. The molecule has 0 heterocycles. The molecule has 0 saturated carbocycles. The number of alkyl halides is 3. The third kappa shape index (κ3) is 11.2. The Morgan fingerprint density at radius 3 is 2.04 bits per heavy atom. The van der Waals surface area contributed by atoms with E-state index in [2.05, 4.69) is 10.6 Å². The van der Waals surface area contributed by atoms with Crippen molar-refractivity contribution in [1.82, 2.24) is 5.32 Å². The van der Waals surface area contributed by atoms with E-state index in [-0.39, 0.29) is 40.1 Å². The molecule has 0 aliphatic carbocycles. The molecular formula is C37H34ClF5N2O5S. The molecule has 14 heteroatoms. The summed E-state index contributed by atoms with van der Waals surface area (Å²) < 4.78 is 101. The standard InChI is InChI=1S/C37H34ClF5N2O5S/c1-36(2,3)15-14-22-4-8-24(9-5-22)29(18-23-6-10-25(11-7-23)34(46)44-16-17-51(48,49)50)35(47)45-33-31(39)19-26(20-32(33)40)28-13-12-27(21-30(28)38)37(41,42)43/h4-15,19-21,29H,16-18H2,1-3H3,(H,44,46)(H,45,47)(H,48,49,50). The van der Waals surface area contributed by atoms with Crippen LogP contribution in [0.1, 0.15) is 59.3 Å². The van der Waals surface area contributed by atoms with Crippen LogP contribution >= 0.6 is 11.6 Å². The van der Waals surface area contributed by atoms with Gasteiger partial charge in [0.1, 0.15) is 17.3 Å². The molecule has 0 aromatic heterocycles. The van der Waals surface area contributed by atoms with Crippen LogP contribution in [0.3, 0.4) is 0 Å².